The molecule has 12 heteroatoms. The van der Waals surface area contributed by atoms with Gasteiger partial charge in [0.15, 0.2) is 5.82 Å². The fraction of sp³-hybridized carbons (Fsp3) is 0.345. The first-order valence-electron chi connectivity index (χ1n) is 13.2. The van der Waals surface area contributed by atoms with Gasteiger partial charge in [-0.25, -0.2) is 13.8 Å². The Balaban J connectivity index is 1.27. The summed E-state index contributed by atoms with van der Waals surface area (Å²) in [6.07, 6.45) is 1.57. The Morgan fingerprint density at radius 2 is 1.85 bits per heavy atom. The molecule has 2 N–H and O–H groups in total. The van der Waals surface area contributed by atoms with E-state index in [-0.39, 0.29) is 22.4 Å². The van der Waals surface area contributed by atoms with E-state index in [4.69, 9.17) is 9.47 Å². The van der Waals surface area contributed by atoms with E-state index in [0.29, 0.717) is 48.9 Å². The molecule has 1 aliphatic heterocycles. The molecule has 1 aliphatic rings. The maximum absolute atomic E-state index is 14.3. The van der Waals surface area contributed by atoms with E-state index in [2.05, 4.69) is 20.3 Å². The molecule has 0 unspecified atom stereocenters. The van der Waals surface area contributed by atoms with Gasteiger partial charge in [-0.05, 0) is 49.6 Å². The number of aromatic nitrogens is 3. The van der Waals surface area contributed by atoms with E-state index >= 15 is 0 Å². The number of amides is 1. The molecule has 216 valence electrons. The van der Waals surface area contributed by atoms with E-state index in [9.17, 15) is 18.7 Å². The highest BCUT2D eigenvalue weighted by molar-refractivity contribution is 7.15. The first-order valence-corrected chi connectivity index (χ1v) is 14.0. The number of methoxy groups -OCH3 is 1. The topological polar surface area (TPSA) is 102 Å². The Hall–Kier alpha value is -3.87. The van der Waals surface area contributed by atoms with Crippen molar-refractivity contribution in [2.75, 3.05) is 30.4 Å². The SMILES string of the molecule is COc1ccc(CO[C@@H]2CCN(c3c(NC(=O)c4nc(-c5c(F)cccc5F)sc4C)cnn3C)CC[C@H]2O)cc1. The van der Waals surface area contributed by atoms with Crippen molar-refractivity contribution in [3.63, 3.8) is 0 Å². The van der Waals surface area contributed by atoms with Crippen molar-refractivity contribution in [3.05, 3.63) is 76.4 Å². The second kappa shape index (κ2) is 12.3. The predicted octanol–water partition coefficient (Wildman–Crippen LogP) is 4.94. The monoisotopic (exact) mass is 583 g/mol. The van der Waals surface area contributed by atoms with E-state index in [0.717, 1.165) is 34.8 Å². The van der Waals surface area contributed by atoms with Gasteiger partial charge in [0.1, 0.15) is 33.8 Å². The van der Waals surface area contributed by atoms with Crippen LogP contribution in [0.5, 0.6) is 5.75 Å². The molecule has 1 fully saturated rings. The van der Waals surface area contributed by atoms with Crippen molar-refractivity contribution in [1.29, 1.82) is 0 Å². The minimum Gasteiger partial charge on any atom is -0.497 e. The summed E-state index contributed by atoms with van der Waals surface area (Å²) in [6, 6.07) is 11.2. The number of benzene rings is 2. The molecule has 9 nitrogen and oxygen atoms in total. The minimum absolute atomic E-state index is 0.0840. The average Bonchev–Trinajstić information content (AvgIpc) is 3.45. The van der Waals surface area contributed by atoms with Crippen LogP contribution in [0.1, 0.15) is 33.8 Å². The number of aliphatic hydroxyl groups is 1. The maximum atomic E-state index is 14.3. The molecule has 1 amide bonds. The van der Waals surface area contributed by atoms with E-state index in [1.807, 2.05) is 24.3 Å². The molecule has 2 aromatic heterocycles. The number of anilines is 2. The third kappa shape index (κ3) is 6.24. The van der Waals surface area contributed by atoms with Crippen LogP contribution in [0.25, 0.3) is 10.6 Å². The number of halogens is 2. The van der Waals surface area contributed by atoms with Crippen molar-refractivity contribution in [2.45, 2.75) is 38.6 Å². The van der Waals surface area contributed by atoms with Gasteiger partial charge in [-0.1, -0.05) is 18.2 Å². The van der Waals surface area contributed by atoms with Crippen LogP contribution in [-0.4, -0.2) is 58.2 Å². The molecule has 2 aromatic carbocycles. The van der Waals surface area contributed by atoms with Crippen LogP contribution in [0.4, 0.5) is 20.3 Å². The molecular weight excluding hydrogens is 552 g/mol. The first kappa shape index (κ1) is 28.7. The number of thiazole rings is 1. The van der Waals surface area contributed by atoms with Gasteiger partial charge < -0.3 is 24.8 Å². The van der Waals surface area contributed by atoms with Gasteiger partial charge in [-0.15, -0.1) is 11.3 Å². The molecule has 0 saturated carbocycles. The fourth-order valence-corrected chi connectivity index (χ4v) is 5.84. The number of ether oxygens (including phenoxy) is 2. The zero-order valence-corrected chi connectivity index (χ0v) is 23.8. The normalized spacial score (nSPS) is 17.4. The Morgan fingerprint density at radius 1 is 1.15 bits per heavy atom. The lowest BCUT2D eigenvalue weighted by atomic mass is 10.1. The van der Waals surface area contributed by atoms with Gasteiger partial charge >= 0.3 is 0 Å². The van der Waals surface area contributed by atoms with Crippen molar-refractivity contribution >= 4 is 28.7 Å². The number of aryl methyl sites for hydroxylation is 2. The summed E-state index contributed by atoms with van der Waals surface area (Å²) in [7, 11) is 3.39. The molecule has 41 heavy (non-hydrogen) atoms. The number of hydrogen-bond donors (Lipinski definition) is 2. The molecule has 0 bridgehead atoms. The van der Waals surface area contributed by atoms with Crippen LogP contribution < -0.4 is 15.0 Å². The van der Waals surface area contributed by atoms with E-state index in [1.54, 1.807) is 32.0 Å². The minimum atomic E-state index is -0.741. The quantitative estimate of drug-likeness (QED) is 0.303. The lowest BCUT2D eigenvalue weighted by molar-refractivity contribution is -0.0461. The summed E-state index contributed by atoms with van der Waals surface area (Å²) in [4.78, 5) is 20.1. The largest absolute Gasteiger partial charge is 0.497 e. The zero-order chi connectivity index (χ0) is 29.1. The molecule has 0 aliphatic carbocycles. The van der Waals surface area contributed by atoms with Gasteiger partial charge in [0.2, 0.25) is 0 Å². The Kier molecular flexibility index (Phi) is 8.62. The fourth-order valence-electron chi connectivity index (χ4n) is 4.88. The van der Waals surface area contributed by atoms with Crippen molar-refractivity contribution in [3.8, 4) is 16.3 Å². The summed E-state index contributed by atoms with van der Waals surface area (Å²) < 4.78 is 41.6. The zero-order valence-electron chi connectivity index (χ0n) is 22.9. The van der Waals surface area contributed by atoms with Gasteiger partial charge in [-0.2, -0.15) is 5.10 Å². The van der Waals surface area contributed by atoms with Crippen LogP contribution in [0.3, 0.4) is 0 Å². The first-order chi connectivity index (χ1) is 19.7. The summed E-state index contributed by atoms with van der Waals surface area (Å²) in [5.74, 6) is -0.548. The maximum Gasteiger partial charge on any atom is 0.275 e. The Morgan fingerprint density at radius 3 is 2.56 bits per heavy atom. The smallest absolute Gasteiger partial charge is 0.275 e. The van der Waals surface area contributed by atoms with Crippen molar-refractivity contribution in [1.82, 2.24) is 14.8 Å². The molecule has 3 heterocycles. The van der Waals surface area contributed by atoms with Crippen molar-refractivity contribution in [2.24, 2.45) is 7.05 Å². The summed E-state index contributed by atoms with van der Waals surface area (Å²) in [5, 5.41) is 18.1. The Labute approximate surface area is 240 Å². The van der Waals surface area contributed by atoms with Crippen LogP contribution in [0.15, 0.2) is 48.7 Å². The lowest BCUT2D eigenvalue weighted by Gasteiger charge is -2.24. The number of carbonyl (C=O) groups excluding carboxylic acids is 1. The molecular formula is C29H31F2N5O4S. The number of nitrogens with one attached hydrogen (secondary N) is 1. The molecule has 4 aromatic rings. The van der Waals surface area contributed by atoms with Crippen LogP contribution >= 0.6 is 11.3 Å². The second-order valence-electron chi connectivity index (χ2n) is 9.81. The predicted molar refractivity (Wildman–Crippen MR) is 152 cm³/mol. The number of aliphatic hydroxyl groups excluding tert-OH is 1. The highest BCUT2D eigenvalue weighted by Crippen LogP contribution is 2.33. The van der Waals surface area contributed by atoms with Gasteiger partial charge in [0.05, 0.1) is 37.7 Å². The number of rotatable bonds is 8. The third-order valence-electron chi connectivity index (χ3n) is 7.07. The summed E-state index contributed by atoms with van der Waals surface area (Å²) >= 11 is 1.05. The van der Waals surface area contributed by atoms with E-state index < -0.39 is 23.6 Å². The lowest BCUT2D eigenvalue weighted by Crippen LogP contribution is -2.28. The molecule has 2 atom stereocenters. The van der Waals surface area contributed by atoms with Crippen LogP contribution in [-0.2, 0) is 18.4 Å². The van der Waals surface area contributed by atoms with E-state index in [1.165, 1.54) is 6.07 Å². The number of nitrogens with zero attached hydrogens (tertiary/aromatic N) is 4. The second-order valence-corrected chi connectivity index (χ2v) is 11.0. The Bertz CT molecular complexity index is 1500. The standard InChI is InChI=1S/C29H31F2N5O4S/c1-17-26(34-28(41-17)25-20(30)5-4-6-21(25)31)27(38)33-22-15-32-35(2)29(22)36-13-11-23(37)24(12-14-36)40-16-18-7-9-19(39-3)10-8-18/h4-10,15,23-24,37H,11-14,16H2,1-3H3,(H,33,38)/t23-,24-/m1/s1. The van der Waals surface area contributed by atoms with Gasteiger partial charge in [-0.3, -0.25) is 9.48 Å². The van der Waals surface area contributed by atoms with Crippen molar-refractivity contribution < 1.29 is 28.2 Å². The molecule has 0 radical (unpaired) electrons. The third-order valence-corrected chi connectivity index (χ3v) is 8.06. The molecule has 5 rings (SSSR count). The summed E-state index contributed by atoms with van der Waals surface area (Å²) in [5.41, 5.74) is 1.28. The highest BCUT2D eigenvalue weighted by atomic mass is 32.1. The molecule has 0 spiro atoms. The number of carbonyl (C=O) groups is 1. The average molecular weight is 584 g/mol. The summed E-state index contributed by atoms with van der Waals surface area (Å²) in [6.45, 7) is 3.14. The van der Waals surface area contributed by atoms with Crippen LogP contribution in [0, 0.1) is 18.6 Å². The molecule has 1 saturated heterocycles. The van der Waals surface area contributed by atoms with Gasteiger partial charge in [0.25, 0.3) is 5.91 Å². The van der Waals surface area contributed by atoms with Gasteiger partial charge in [0, 0.05) is 25.0 Å². The number of hydrogen-bond acceptors (Lipinski definition) is 8. The van der Waals surface area contributed by atoms with Crippen LogP contribution in [0.2, 0.25) is 0 Å². The highest BCUT2D eigenvalue weighted by Gasteiger charge is 2.29.